The summed E-state index contributed by atoms with van der Waals surface area (Å²) in [6.45, 7) is 2.14. The maximum Gasteiger partial charge on any atom is 0.310 e. The fourth-order valence-electron chi connectivity index (χ4n) is 2.03. The predicted molar refractivity (Wildman–Crippen MR) is 87.7 cm³/mol. The molecule has 2 aromatic rings. The zero-order valence-corrected chi connectivity index (χ0v) is 13.2. The Hall–Kier alpha value is -2.82. The fraction of sp³-hybridized carbons (Fsp3) is 0.222. The number of ether oxygens (including phenoxy) is 2. The fourth-order valence-corrected chi connectivity index (χ4v) is 2.03. The number of benzene rings is 2. The molecule has 23 heavy (non-hydrogen) atoms. The van der Waals surface area contributed by atoms with Crippen LogP contribution in [0.1, 0.15) is 22.8 Å². The van der Waals surface area contributed by atoms with Gasteiger partial charge in [-0.15, -0.1) is 0 Å². The number of rotatable bonds is 6. The van der Waals surface area contributed by atoms with E-state index < -0.39 is 0 Å². The van der Waals surface area contributed by atoms with Gasteiger partial charge < -0.3 is 14.8 Å². The summed E-state index contributed by atoms with van der Waals surface area (Å²) in [4.78, 5) is 23.5. The molecule has 1 N–H and O–H groups in total. The van der Waals surface area contributed by atoms with Crippen molar-refractivity contribution in [2.45, 2.75) is 13.3 Å². The Morgan fingerprint density at radius 2 is 1.65 bits per heavy atom. The van der Waals surface area contributed by atoms with Gasteiger partial charge in [0.15, 0.2) is 0 Å². The number of amides is 1. The first-order valence-electron chi connectivity index (χ1n) is 7.32. The second-order valence-corrected chi connectivity index (χ2v) is 4.86. The first-order valence-corrected chi connectivity index (χ1v) is 7.32. The molecule has 0 heterocycles. The Morgan fingerprint density at radius 3 is 2.22 bits per heavy atom. The SMILES string of the molecule is CCOC(=O)Cc1ccc(NC(=O)c2ccc(OC)cc2)cc1. The number of esters is 1. The smallest absolute Gasteiger partial charge is 0.310 e. The maximum absolute atomic E-state index is 12.1. The van der Waals surface area contributed by atoms with E-state index in [2.05, 4.69) is 5.32 Å². The van der Waals surface area contributed by atoms with Gasteiger partial charge in [0.25, 0.3) is 5.91 Å². The Labute approximate surface area is 135 Å². The van der Waals surface area contributed by atoms with Gasteiger partial charge in [-0.25, -0.2) is 0 Å². The number of methoxy groups -OCH3 is 1. The molecule has 2 rings (SSSR count). The van der Waals surface area contributed by atoms with Crippen molar-refractivity contribution in [2.75, 3.05) is 19.0 Å². The molecular formula is C18H19NO4. The first kappa shape index (κ1) is 16.5. The monoisotopic (exact) mass is 313 g/mol. The highest BCUT2D eigenvalue weighted by molar-refractivity contribution is 6.04. The Balaban J connectivity index is 1.96. The molecule has 0 aliphatic rings. The summed E-state index contributed by atoms with van der Waals surface area (Å²) < 4.78 is 9.96. The van der Waals surface area contributed by atoms with E-state index in [1.54, 1.807) is 62.6 Å². The van der Waals surface area contributed by atoms with Crippen molar-refractivity contribution in [3.63, 3.8) is 0 Å². The summed E-state index contributed by atoms with van der Waals surface area (Å²) in [5.41, 5.74) is 2.05. The molecule has 0 saturated heterocycles. The van der Waals surface area contributed by atoms with Crippen molar-refractivity contribution >= 4 is 17.6 Å². The van der Waals surface area contributed by atoms with Gasteiger partial charge in [-0.05, 0) is 48.9 Å². The molecule has 0 atom stereocenters. The van der Waals surface area contributed by atoms with Gasteiger partial charge in [-0.3, -0.25) is 9.59 Å². The van der Waals surface area contributed by atoms with Crippen LogP contribution in [0.4, 0.5) is 5.69 Å². The largest absolute Gasteiger partial charge is 0.497 e. The molecule has 2 aromatic carbocycles. The lowest BCUT2D eigenvalue weighted by molar-refractivity contribution is -0.142. The molecule has 0 aliphatic heterocycles. The van der Waals surface area contributed by atoms with E-state index in [0.29, 0.717) is 23.6 Å². The average Bonchev–Trinajstić information content (AvgIpc) is 2.57. The highest BCUT2D eigenvalue weighted by Gasteiger charge is 2.07. The molecule has 120 valence electrons. The van der Waals surface area contributed by atoms with Gasteiger partial charge in [0.2, 0.25) is 0 Å². The second kappa shape index (κ2) is 7.98. The second-order valence-electron chi connectivity index (χ2n) is 4.86. The molecule has 0 radical (unpaired) electrons. The molecule has 0 fully saturated rings. The lowest BCUT2D eigenvalue weighted by Gasteiger charge is -2.07. The van der Waals surface area contributed by atoms with Crippen LogP contribution in [0, 0.1) is 0 Å². The lowest BCUT2D eigenvalue weighted by Crippen LogP contribution is -2.12. The molecule has 0 bridgehead atoms. The van der Waals surface area contributed by atoms with Crippen molar-refractivity contribution in [3.05, 3.63) is 59.7 Å². The highest BCUT2D eigenvalue weighted by Crippen LogP contribution is 2.15. The molecule has 0 spiro atoms. The van der Waals surface area contributed by atoms with Crippen LogP contribution in [0.2, 0.25) is 0 Å². The third-order valence-corrected chi connectivity index (χ3v) is 3.22. The summed E-state index contributed by atoms with van der Waals surface area (Å²) >= 11 is 0. The number of anilines is 1. The Morgan fingerprint density at radius 1 is 1.00 bits per heavy atom. The summed E-state index contributed by atoms with van der Waals surface area (Å²) in [6.07, 6.45) is 0.223. The number of hydrogen-bond donors (Lipinski definition) is 1. The topological polar surface area (TPSA) is 64.6 Å². The molecule has 0 aliphatic carbocycles. The van der Waals surface area contributed by atoms with E-state index >= 15 is 0 Å². The summed E-state index contributed by atoms with van der Waals surface area (Å²) in [5, 5.41) is 2.81. The zero-order valence-electron chi connectivity index (χ0n) is 13.2. The van der Waals surface area contributed by atoms with Crippen LogP contribution in [0.3, 0.4) is 0 Å². The summed E-state index contributed by atoms with van der Waals surface area (Å²) in [7, 11) is 1.58. The van der Waals surface area contributed by atoms with Gasteiger partial charge >= 0.3 is 5.97 Å². The molecule has 5 heteroatoms. The summed E-state index contributed by atoms with van der Waals surface area (Å²) in [5.74, 6) is 0.234. The van der Waals surface area contributed by atoms with Crippen molar-refractivity contribution in [3.8, 4) is 5.75 Å². The minimum atomic E-state index is -0.262. The van der Waals surface area contributed by atoms with Crippen LogP contribution >= 0.6 is 0 Å². The maximum atomic E-state index is 12.1. The number of carbonyl (C=O) groups is 2. The minimum absolute atomic E-state index is 0.203. The molecule has 0 aromatic heterocycles. The van der Waals surface area contributed by atoms with E-state index in [9.17, 15) is 9.59 Å². The van der Waals surface area contributed by atoms with Crippen LogP contribution < -0.4 is 10.1 Å². The van der Waals surface area contributed by atoms with Crippen molar-refractivity contribution < 1.29 is 19.1 Å². The van der Waals surface area contributed by atoms with Gasteiger partial charge in [-0.2, -0.15) is 0 Å². The molecule has 0 unspecified atom stereocenters. The molecular weight excluding hydrogens is 294 g/mol. The first-order chi connectivity index (χ1) is 11.1. The van der Waals surface area contributed by atoms with E-state index in [-0.39, 0.29) is 18.3 Å². The van der Waals surface area contributed by atoms with Crippen LogP contribution in [-0.2, 0) is 16.0 Å². The normalized spacial score (nSPS) is 10.0. The predicted octanol–water partition coefficient (Wildman–Crippen LogP) is 3.05. The van der Waals surface area contributed by atoms with Crippen molar-refractivity contribution in [1.29, 1.82) is 0 Å². The number of nitrogens with one attached hydrogen (secondary N) is 1. The lowest BCUT2D eigenvalue weighted by atomic mass is 10.1. The Kier molecular flexibility index (Phi) is 5.74. The number of hydrogen-bond acceptors (Lipinski definition) is 4. The van der Waals surface area contributed by atoms with Gasteiger partial charge in [0, 0.05) is 11.3 Å². The van der Waals surface area contributed by atoms with Crippen LogP contribution in [0.25, 0.3) is 0 Å². The van der Waals surface area contributed by atoms with Crippen molar-refractivity contribution in [1.82, 2.24) is 0 Å². The quantitative estimate of drug-likeness (QED) is 0.833. The van der Waals surface area contributed by atoms with E-state index in [0.717, 1.165) is 5.56 Å². The zero-order chi connectivity index (χ0) is 16.7. The van der Waals surface area contributed by atoms with Crippen LogP contribution in [0.5, 0.6) is 5.75 Å². The van der Waals surface area contributed by atoms with Crippen molar-refractivity contribution in [2.24, 2.45) is 0 Å². The molecule has 0 saturated carbocycles. The molecule has 5 nitrogen and oxygen atoms in total. The third-order valence-electron chi connectivity index (χ3n) is 3.22. The Bertz CT molecular complexity index is 662. The van der Waals surface area contributed by atoms with Gasteiger partial charge in [0.1, 0.15) is 5.75 Å². The van der Waals surface area contributed by atoms with E-state index in [1.165, 1.54) is 0 Å². The minimum Gasteiger partial charge on any atom is -0.497 e. The standard InChI is InChI=1S/C18H19NO4/c1-3-23-17(20)12-13-4-8-15(9-5-13)19-18(21)14-6-10-16(22-2)11-7-14/h4-11H,3,12H2,1-2H3,(H,19,21). The van der Waals surface area contributed by atoms with E-state index in [4.69, 9.17) is 9.47 Å². The van der Waals surface area contributed by atoms with Crippen LogP contribution in [0.15, 0.2) is 48.5 Å². The van der Waals surface area contributed by atoms with Gasteiger partial charge in [0.05, 0.1) is 20.1 Å². The highest BCUT2D eigenvalue weighted by atomic mass is 16.5. The van der Waals surface area contributed by atoms with Crippen LogP contribution in [-0.4, -0.2) is 25.6 Å². The van der Waals surface area contributed by atoms with E-state index in [1.807, 2.05) is 0 Å². The van der Waals surface area contributed by atoms with Gasteiger partial charge in [-0.1, -0.05) is 12.1 Å². The third kappa shape index (κ3) is 4.85. The summed E-state index contributed by atoms with van der Waals surface area (Å²) in [6, 6.07) is 14.0. The number of carbonyl (C=O) groups excluding carboxylic acids is 2. The average molecular weight is 313 g/mol. The molecule has 1 amide bonds.